The minimum absolute atomic E-state index is 0.212. The molecule has 166 valence electrons. The average molecular weight is 416 g/mol. The first kappa shape index (κ1) is 23.1. The Hall–Kier alpha value is -1.57. The lowest BCUT2D eigenvalue weighted by Crippen LogP contribution is -2.46. The van der Waals surface area contributed by atoms with E-state index in [0.717, 1.165) is 37.9 Å². The zero-order valence-corrected chi connectivity index (χ0v) is 19.6. The number of amides is 1. The van der Waals surface area contributed by atoms with Gasteiger partial charge < -0.3 is 24.3 Å². The zero-order valence-electron chi connectivity index (χ0n) is 19.6. The van der Waals surface area contributed by atoms with Gasteiger partial charge in [0.1, 0.15) is 5.60 Å². The fourth-order valence-corrected chi connectivity index (χ4v) is 3.68. The van der Waals surface area contributed by atoms with Gasteiger partial charge in [-0.2, -0.15) is 0 Å². The van der Waals surface area contributed by atoms with Crippen LogP contribution in [0.4, 0.5) is 4.79 Å². The smallest absolute Gasteiger partial charge is 0.444 e. The largest absolute Gasteiger partial charge is 0.494 e. The van der Waals surface area contributed by atoms with Crippen molar-refractivity contribution in [1.29, 1.82) is 0 Å². The molecule has 30 heavy (non-hydrogen) atoms. The molecule has 1 amide bonds. The molecule has 2 aliphatic rings. The van der Waals surface area contributed by atoms with Crippen LogP contribution in [0.2, 0.25) is 0 Å². The van der Waals surface area contributed by atoms with Gasteiger partial charge >= 0.3 is 13.2 Å². The maximum atomic E-state index is 12.2. The first-order valence-electron chi connectivity index (χ1n) is 11.0. The lowest BCUT2D eigenvalue weighted by atomic mass is 9.78. The summed E-state index contributed by atoms with van der Waals surface area (Å²) in [6.45, 7) is 16.2. The standard InChI is InChI=1S/C23H37BN2O4/c1-21(2,3)28-20(27)26-13-11-19(12-14-26)25-16-17-9-8-10-18(15-17)24-29-22(4,5)23(6,7)30-24/h8-10,15,19,25H,11-14,16H2,1-7H3. The van der Waals surface area contributed by atoms with Crippen molar-refractivity contribution < 1.29 is 18.8 Å². The van der Waals surface area contributed by atoms with E-state index in [-0.39, 0.29) is 24.4 Å². The minimum Gasteiger partial charge on any atom is -0.444 e. The highest BCUT2D eigenvalue weighted by molar-refractivity contribution is 6.62. The lowest BCUT2D eigenvalue weighted by molar-refractivity contribution is 0.00578. The van der Waals surface area contributed by atoms with Crippen molar-refractivity contribution in [3.05, 3.63) is 29.8 Å². The average Bonchev–Trinajstić information content (AvgIpc) is 2.87. The van der Waals surface area contributed by atoms with Crippen molar-refractivity contribution in [3.63, 3.8) is 0 Å². The highest BCUT2D eigenvalue weighted by atomic mass is 16.7. The summed E-state index contributed by atoms with van der Waals surface area (Å²) in [5.41, 5.74) is 1.13. The first-order valence-corrected chi connectivity index (χ1v) is 11.0. The quantitative estimate of drug-likeness (QED) is 0.762. The third-order valence-corrected chi connectivity index (χ3v) is 6.22. The van der Waals surface area contributed by atoms with E-state index in [2.05, 4.69) is 57.3 Å². The number of hydrogen-bond donors (Lipinski definition) is 1. The van der Waals surface area contributed by atoms with E-state index in [4.69, 9.17) is 14.0 Å². The molecular weight excluding hydrogens is 379 g/mol. The highest BCUT2D eigenvalue weighted by Crippen LogP contribution is 2.36. The van der Waals surface area contributed by atoms with Crippen molar-refractivity contribution in [1.82, 2.24) is 10.2 Å². The van der Waals surface area contributed by atoms with E-state index >= 15 is 0 Å². The number of ether oxygens (including phenoxy) is 1. The summed E-state index contributed by atoms with van der Waals surface area (Å²) in [5.74, 6) is 0. The second kappa shape index (κ2) is 8.52. The van der Waals surface area contributed by atoms with E-state index in [1.807, 2.05) is 25.7 Å². The van der Waals surface area contributed by atoms with Gasteiger partial charge in [-0.15, -0.1) is 0 Å². The number of hydrogen-bond acceptors (Lipinski definition) is 5. The van der Waals surface area contributed by atoms with Gasteiger partial charge in [0.05, 0.1) is 11.2 Å². The molecule has 7 heteroatoms. The van der Waals surface area contributed by atoms with Gasteiger partial charge in [0.25, 0.3) is 0 Å². The summed E-state index contributed by atoms with van der Waals surface area (Å²) < 4.78 is 17.8. The summed E-state index contributed by atoms with van der Waals surface area (Å²) in [4.78, 5) is 14.0. The second-order valence-corrected chi connectivity index (χ2v) is 10.5. The van der Waals surface area contributed by atoms with E-state index in [9.17, 15) is 4.79 Å². The Labute approximate surface area is 181 Å². The Morgan fingerprint density at radius 2 is 1.77 bits per heavy atom. The van der Waals surface area contributed by atoms with Crippen LogP contribution in [-0.4, -0.2) is 54.0 Å². The van der Waals surface area contributed by atoms with Crippen LogP contribution < -0.4 is 10.8 Å². The topological polar surface area (TPSA) is 60.0 Å². The van der Waals surface area contributed by atoms with Crippen LogP contribution in [0.1, 0.15) is 66.9 Å². The number of carbonyl (C=O) groups is 1. The van der Waals surface area contributed by atoms with Crippen LogP contribution in [0.15, 0.2) is 24.3 Å². The summed E-state index contributed by atoms with van der Waals surface area (Å²) >= 11 is 0. The predicted molar refractivity (Wildman–Crippen MR) is 120 cm³/mol. The van der Waals surface area contributed by atoms with E-state index in [0.29, 0.717) is 6.04 Å². The fourth-order valence-electron chi connectivity index (χ4n) is 3.68. The molecule has 0 aromatic heterocycles. The molecule has 2 saturated heterocycles. The van der Waals surface area contributed by atoms with E-state index in [1.165, 1.54) is 5.56 Å². The molecule has 1 N–H and O–H groups in total. The molecule has 1 aromatic rings. The Bertz CT molecular complexity index is 736. The Balaban J connectivity index is 1.50. The summed E-state index contributed by atoms with van der Waals surface area (Å²) in [6.07, 6.45) is 1.64. The maximum Gasteiger partial charge on any atom is 0.494 e. The van der Waals surface area contributed by atoms with Gasteiger partial charge in [0.15, 0.2) is 0 Å². The second-order valence-electron chi connectivity index (χ2n) is 10.5. The number of benzene rings is 1. The summed E-state index contributed by atoms with van der Waals surface area (Å²) in [7, 11) is -0.341. The van der Waals surface area contributed by atoms with Gasteiger partial charge in [-0.25, -0.2) is 4.79 Å². The number of rotatable bonds is 4. The summed E-state index contributed by atoms with van der Waals surface area (Å²) in [5, 5.41) is 3.64. The summed E-state index contributed by atoms with van der Waals surface area (Å²) in [6, 6.07) is 8.79. The van der Waals surface area contributed by atoms with Crippen molar-refractivity contribution in [2.75, 3.05) is 13.1 Å². The lowest BCUT2D eigenvalue weighted by Gasteiger charge is -2.33. The molecule has 0 spiro atoms. The van der Waals surface area contributed by atoms with Crippen LogP contribution in [0, 0.1) is 0 Å². The molecule has 2 fully saturated rings. The van der Waals surface area contributed by atoms with Gasteiger partial charge in [-0.1, -0.05) is 24.3 Å². The number of nitrogens with one attached hydrogen (secondary N) is 1. The van der Waals surface area contributed by atoms with E-state index in [1.54, 1.807) is 0 Å². The fraction of sp³-hybridized carbons (Fsp3) is 0.696. The Kier molecular flexibility index (Phi) is 6.56. The van der Waals surface area contributed by atoms with Crippen LogP contribution in [-0.2, 0) is 20.6 Å². The molecule has 0 bridgehead atoms. The normalized spacial score (nSPS) is 21.7. The number of likely N-dealkylation sites (tertiary alicyclic amines) is 1. The number of carbonyl (C=O) groups excluding carboxylic acids is 1. The van der Waals surface area contributed by atoms with Crippen molar-refractivity contribution in [2.45, 2.75) is 90.7 Å². The van der Waals surface area contributed by atoms with Gasteiger partial charge in [0.2, 0.25) is 0 Å². The zero-order chi connectivity index (χ0) is 22.2. The third-order valence-electron chi connectivity index (χ3n) is 6.22. The third kappa shape index (κ3) is 5.57. The van der Waals surface area contributed by atoms with Gasteiger partial charge in [-0.3, -0.25) is 0 Å². The Morgan fingerprint density at radius 3 is 2.33 bits per heavy atom. The van der Waals surface area contributed by atoms with Crippen LogP contribution in [0.5, 0.6) is 0 Å². The van der Waals surface area contributed by atoms with E-state index < -0.39 is 5.60 Å². The Morgan fingerprint density at radius 1 is 1.17 bits per heavy atom. The molecule has 6 nitrogen and oxygen atoms in total. The maximum absolute atomic E-state index is 12.2. The molecule has 0 saturated carbocycles. The monoisotopic (exact) mass is 416 g/mol. The molecule has 0 aliphatic carbocycles. The number of nitrogens with zero attached hydrogens (tertiary/aromatic N) is 1. The molecule has 2 aliphatic heterocycles. The predicted octanol–water partition coefficient (Wildman–Crippen LogP) is 3.47. The number of piperidine rings is 1. The molecule has 3 rings (SSSR count). The molecule has 0 unspecified atom stereocenters. The van der Waals surface area contributed by atoms with Crippen molar-refractivity contribution in [2.24, 2.45) is 0 Å². The van der Waals surface area contributed by atoms with Crippen molar-refractivity contribution in [3.8, 4) is 0 Å². The molecule has 0 radical (unpaired) electrons. The molecule has 1 aromatic carbocycles. The minimum atomic E-state index is -0.450. The van der Waals surface area contributed by atoms with Crippen LogP contribution in [0.3, 0.4) is 0 Å². The van der Waals surface area contributed by atoms with Gasteiger partial charge in [-0.05, 0) is 72.3 Å². The van der Waals surface area contributed by atoms with Crippen LogP contribution >= 0.6 is 0 Å². The molecular formula is C23H37BN2O4. The highest BCUT2D eigenvalue weighted by Gasteiger charge is 2.51. The van der Waals surface area contributed by atoms with Crippen LogP contribution in [0.25, 0.3) is 0 Å². The van der Waals surface area contributed by atoms with Crippen molar-refractivity contribution >= 4 is 18.7 Å². The molecule has 0 atom stereocenters. The SMILES string of the molecule is CC(C)(C)OC(=O)N1CCC(NCc2cccc(B3OC(C)(C)C(C)(C)O3)c2)CC1. The first-order chi connectivity index (χ1) is 13.9. The van der Waals surface area contributed by atoms with Gasteiger partial charge in [0, 0.05) is 25.7 Å². The molecule has 2 heterocycles.